The molecule has 1 aromatic carbocycles. The first-order valence-electron chi connectivity index (χ1n) is 3.47. The summed E-state index contributed by atoms with van der Waals surface area (Å²) >= 11 is 0. The third-order valence-corrected chi connectivity index (χ3v) is 1.59. The van der Waals surface area contributed by atoms with Crippen LogP contribution in [0.15, 0.2) is 18.2 Å². The Hall–Kier alpha value is -1.93. The molecule has 0 aliphatic rings. The molecule has 13 heavy (non-hydrogen) atoms. The minimum Gasteiger partial charge on any atom is -0.392 e. The zero-order chi connectivity index (χ0) is 9.84. The van der Waals surface area contributed by atoms with Crippen LogP contribution in [0.2, 0.25) is 0 Å². The van der Waals surface area contributed by atoms with Crippen LogP contribution in [0.3, 0.4) is 0 Å². The van der Waals surface area contributed by atoms with Crippen molar-refractivity contribution in [3.05, 3.63) is 39.4 Å². The molecule has 0 bridgehead atoms. The first-order valence-corrected chi connectivity index (χ1v) is 3.47. The van der Waals surface area contributed by atoms with Gasteiger partial charge in [0.1, 0.15) is 0 Å². The quantitative estimate of drug-likeness (QED) is 0.539. The topological polar surface area (TPSA) is 87.2 Å². The fourth-order valence-electron chi connectivity index (χ4n) is 0.934. The predicted molar refractivity (Wildman–Crippen MR) is 43.7 cm³/mol. The van der Waals surface area contributed by atoms with Gasteiger partial charge in [-0.05, 0) is 6.07 Å². The second kappa shape index (κ2) is 3.65. The van der Waals surface area contributed by atoms with Crippen LogP contribution in [0.1, 0.15) is 11.1 Å². The Bertz CT molecular complexity index is 381. The van der Waals surface area contributed by atoms with Crippen molar-refractivity contribution in [1.29, 1.82) is 5.26 Å². The molecule has 0 atom stereocenters. The smallest absolute Gasteiger partial charge is 0.269 e. The van der Waals surface area contributed by atoms with Crippen LogP contribution in [0.5, 0.6) is 0 Å². The molecule has 0 spiro atoms. The van der Waals surface area contributed by atoms with E-state index in [0.717, 1.165) is 0 Å². The van der Waals surface area contributed by atoms with Gasteiger partial charge in [-0.3, -0.25) is 10.1 Å². The lowest BCUT2D eigenvalue weighted by atomic mass is 10.1. The lowest BCUT2D eigenvalue weighted by Crippen LogP contribution is -1.93. The fourth-order valence-corrected chi connectivity index (χ4v) is 0.934. The molecular weight excluding hydrogens is 172 g/mol. The number of nitrogens with zero attached hydrogens (tertiary/aromatic N) is 2. The summed E-state index contributed by atoms with van der Waals surface area (Å²) in [6, 6.07) is 5.58. The van der Waals surface area contributed by atoms with Crippen molar-refractivity contribution in [3.8, 4) is 6.07 Å². The molecule has 66 valence electrons. The maximum atomic E-state index is 10.3. The Morgan fingerprint density at radius 2 is 2.31 bits per heavy atom. The highest BCUT2D eigenvalue weighted by Gasteiger charge is 2.09. The van der Waals surface area contributed by atoms with E-state index in [-0.39, 0.29) is 23.4 Å². The molecule has 5 heteroatoms. The van der Waals surface area contributed by atoms with Crippen LogP contribution in [-0.2, 0) is 6.61 Å². The molecule has 0 radical (unpaired) electrons. The Morgan fingerprint density at radius 1 is 1.62 bits per heavy atom. The maximum Gasteiger partial charge on any atom is 0.269 e. The fraction of sp³-hybridized carbons (Fsp3) is 0.125. The second-order valence-corrected chi connectivity index (χ2v) is 2.37. The van der Waals surface area contributed by atoms with E-state index in [9.17, 15) is 10.1 Å². The summed E-state index contributed by atoms with van der Waals surface area (Å²) in [6.07, 6.45) is 0. The van der Waals surface area contributed by atoms with Crippen molar-refractivity contribution >= 4 is 5.69 Å². The van der Waals surface area contributed by atoms with Gasteiger partial charge in [0.05, 0.1) is 23.2 Å². The second-order valence-electron chi connectivity index (χ2n) is 2.37. The standard InChI is InChI=1S/C8H6N2O3/c9-4-6-1-2-8(10(12)13)3-7(6)5-11/h1-3,11H,5H2. The Balaban J connectivity index is 3.23. The number of hydrogen-bond donors (Lipinski definition) is 1. The Labute approximate surface area is 74.0 Å². The average Bonchev–Trinajstić information content (AvgIpc) is 2.16. The maximum absolute atomic E-state index is 10.3. The van der Waals surface area contributed by atoms with Crippen molar-refractivity contribution in [1.82, 2.24) is 0 Å². The van der Waals surface area contributed by atoms with Crippen molar-refractivity contribution in [2.24, 2.45) is 0 Å². The molecule has 0 aromatic heterocycles. The molecule has 5 nitrogen and oxygen atoms in total. The Morgan fingerprint density at radius 3 is 2.77 bits per heavy atom. The molecule has 0 fully saturated rings. The molecule has 0 heterocycles. The SMILES string of the molecule is N#Cc1ccc([N+](=O)[O-])cc1CO. The van der Waals surface area contributed by atoms with Crippen LogP contribution >= 0.6 is 0 Å². The normalized spacial score (nSPS) is 9.23. The van der Waals surface area contributed by atoms with Crippen molar-refractivity contribution in [3.63, 3.8) is 0 Å². The summed E-state index contributed by atoms with van der Waals surface area (Å²) in [7, 11) is 0. The van der Waals surface area contributed by atoms with E-state index in [2.05, 4.69) is 0 Å². The minimum absolute atomic E-state index is 0.122. The molecule has 1 rings (SSSR count). The van der Waals surface area contributed by atoms with Crippen LogP contribution in [0.25, 0.3) is 0 Å². The molecule has 0 aliphatic heterocycles. The number of benzene rings is 1. The monoisotopic (exact) mass is 178 g/mol. The lowest BCUT2D eigenvalue weighted by Gasteiger charge is -1.98. The highest BCUT2D eigenvalue weighted by Crippen LogP contribution is 2.16. The van der Waals surface area contributed by atoms with Gasteiger partial charge in [-0.15, -0.1) is 0 Å². The molecule has 0 saturated heterocycles. The van der Waals surface area contributed by atoms with Gasteiger partial charge in [0.2, 0.25) is 0 Å². The number of nitro benzene ring substituents is 1. The first-order chi connectivity index (χ1) is 6.19. The molecular formula is C8H6N2O3. The van der Waals surface area contributed by atoms with E-state index in [1.54, 1.807) is 0 Å². The average molecular weight is 178 g/mol. The molecule has 0 saturated carbocycles. The summed E-state index contributed by atoms with van der Waals surface area (Å²) in [5.74, 6) is 0. The summed E-state index contributed by atoms with van der Waals surface area (Å²) in [5.41, 5.74) is 0.410. The zero-order valence-electron chi connectivity index (χ0n) is 6.60. The van der Waals surface area contributed by atoms with Crippen LogP contribution in [0, 0.1) is 21.4 Å². The van der Waals surface area contributed by atoms with E-state index >= 15 is 0 Å². The lowest BCUT2D eigenvalue weighted by molar-refractivity contribution is -0.384. The van der Waals surface area contributed by atoms with Gasteiger partial charge in [0.25, 0.3) is 5.69 Å². The molecule has 0 unspecified atom stereocenters. The van der Waals surface area contributed by atoms with Gasteiger partial charge in [0.15, 0.2) is 0 Å². The summed E-state index contributed by atoms with van der Waals surface area (Å²) in [6.45, 7) is -0.370. The number of rotatable bonds is 2. The first kappa shape index (κ1) is 9.16. The van der Waals surface area contributed by atoms with Gasteiger partial charge in [0, 0.05) is 17.7 Å². The van der Waals surface area contributed by atoms with Crippen molar-refractivity contribution in [2.45, 2.75) is 6.61 Å². The number of aliphatic hydroxyl groups excluding tert-OH is 1. The summed E-state index contributed by atoms with van der Waals surface area (Å²) < 4.78 is 0. The minimum atomic E-state index is -0.569. The number of hydrogen-bond acceptors (Lipinski definition) is 4. The third-order valence-electron chi connectivity index (χ3n) is 1.59. The van der Waals surface area contributed by atoms with Gasteiger partial charge >= 0.3 is 0 Å². The van der Waals surface area contributed by atoms with E-state index in [4.69, 9.17) is 10.4 Å². The van der Waals surface area contributed by atoms with Gasteiger partial charge < -0.3 is 5.11 Å². The van der Waals surface area contributed by atoms with E-state index in [0.29, 0.717) is 0 Å². The molecule has 1 aromatic rings. The zero-order valence-corrected chi connectivity index (χ0v) is 6.60. The molecule has 0 amide bonds. The highest BCUT2D eigenvalue weighted by molar-refractivity contribution is 5.45. The summed E-state index contributed by atoms with van der Waals surface area (Å²) in [5, 5.41) is 27.6. The largest absolute Gasteiger partial charge is 0.392 e. The Kier molecular flexibility index (Phi) is 2.57. The van der Waals surface area contributed by atoms with Gasteiger partial charge in [-0.2, -0.15) is 5.26 Å². The van der Waals surface area contributed by atoms with E-state index < -0.39 is 4.92 Å². The molecule has 1 N–H and O–H groups in total. The van der Waals surface area contributed by atoms with Crippen LogP contribution in [0.4, 0.5) is 5.69 Å². The van der Waals surface area contributed by atoms with Gasteiger partial charge in [-0.25, -0.2) is 0 Å². The highest BCUT2D eigenvalue weighted by atomic mass is 16.6. The number of nitriles is 1. The number of nitro groups is 1. The third kappa shape index (κ3) is 1.80. The predicted octanol–water partition coefficient (Wildman–Crippen LogP) is 0.959. The van der Waals surface area contributed by atoms with Gasteiger partial charge in [-0.1, -0.05) is 0 Å². The van der Waals surface area contributed by atoms with E-state index in [1.807, 2.05) is 6.07 Å². The number of non-ortho nitro benzene ring substituents is 1. The molecule has 0 aliphatic carbocycles. The van der Waals surface area contributed by atoms with Crippen LogP contribution < -0.4 is 0 Å². The number of aliphatic hydroxyl groups is 1. The summed E-state index contributed by atoms with van der Waals surface area (Å²) in [4.78, 5) is 9.74. The van der Waals surface area contributed by atoms with Crippen molar-refractivity contribution in [2.75, 3.05) is 0 Å². The van der Waals surface area contributed by atoms with E-state index in [1.165, 1.54) is 18.2 Å². The van der Waals surface area contributed by atoms with Crippen LogP contribution in [-0.4, -0.2) is 10.0 Å². The van der Waals surface area contributed by atoms with Crippen molar-refractivity contribution < 1.29 is 10.0 Å².